The van der Waals surface area contributed by atoms with Gasteiger partial charge < -0.3 is 5.73 Å². The minimum atomic E-state index is -0.911. The van der Waals surface area contributed by atoms with Crippen LogP contribution in [0.5, 0.6) is 0 Å². The van der Waals surface area contributed by atoms with Gasteiger partial charge in [-0.1, -0.05) is 36.7 Å². The highest BCUT2D eigenvalue weighted by atomic mass is 35.5. The van der Waals surface area contributed by atoms with Crippen LogP contribution in [0.15, 0.2) is 24.3 Å². The molecule has 1 aromatic carbocycles. The van der Waals surface area contributed by atoms with Crippen molar-refractivity contribution in [3.63, 3.8) is 0 Å². The van der Waals surface area contributed by atoms with Crippen LogP contribution in [-0.4, -0.2) is 15.5 Å². The molecular weight excluding hydrogens is 242 g/mol. The second-order valence-corrected chi connectivity index (χ2v) is 6.40. The summed E-state index contributed by atoms with van der Waals surface area (Å²) in [6, 6.07) is 7.61. The van der Waals surface area contributed by atoms with E-state index in [1.54, 1.807) is 0 Å². The Labute approximate surface area is 105 Å². The molecule has 0 amide bonds. The number of halogens is 1. The molecule has 0 spiro atoms. The van der Waals surface area contributed by atoms with E-state index in [4.69, 9.17) is 17.3 Å². The lowest BCUT2D eigenvalue weighted by atomic mass is 10.2. The van der Waals surface area contributed by atoms with E-state index in [0.29, 0.717) is 10.8 Å². The maximum Gasteiger partial charge on any atom is 0.0503 e. The third-order valence-corrected chi connectivity index (χ3v) is 4.46. The highest BCUT2D eigenvalue weighted by Gasteiger charge is 2.14. The number of benzene rings is 1. The largest absolute Gasteiger partial charge is 0.328 e. The molecule has 0 aliphatic heterocycles. The summed E-state index contributed by atoms with van der Waals surface area (Å²) in [5.74, 6) is 0.507. The maximum absolute atomic E-state index is 12.0. The molecule has 0 fully saturated rings. The summed E-state index contributed by atoms with van der Waals surface area (Å²) in [6.45, 7) is 3.90. The Kier molecular flexibility index (Phi) is 5.46. The van der Waals surface area contributed by atoms with E-state index in [9.17, 15) is 4.21 Å². The van der Waals surface area contributed by atoms with Crippen molar-refractivity contribution in [3.05, 3.63) is 34.9 Å². The van der Waals surface area contributed by atoms with Crippen LogP contribution < -0.4 is 5.73 Å². The number of nitrogens with two attached hydrogens (primary N) is 1. The lowest BCUT2D eigenvalue weighted by Crippen LogP contribution is -2.24. The van der Waals surface area contributed by atoms with Gasteiger partial charge in [0, 0.05) is 27.1 Å². The fraction of sp³-hybridized carbons (Fsp3) is 0.500. The SMILES string of the molecule is CC(N)CC(C)S(=O)Cc1ccccc1Cl. The first-order valence-corrected chi connectivity index (χ1v) is 7.13. The second-order valence-electron chi connectivity index (χ2n) is 4.14. The number of hydrogen-bond donors (Lipinski definition) is 1. The van der Waals surface area contributed by atoms with Crippen molar-refractivity contribution in [1.29, 1.82) is 0 Å². The van der Waals surface area contributed by atoms with Gasteiger partial charge in [-0.05, 0) is 25.0 Å². The Morgan fingerprint density at radius 1 is 1.38 bits per heavy atom. The first-order valence-electron chi connectivity index (χ1n) is 5.37. The Morgan fingerprint density at radius 2 is 2.00 bits per heavy atom. The van der Waals surface area contributed by atoms with Gasteiger partial charge >= 0.3 is 0 Å². The Bertz CT molecular complexity index is 368. The minimum absolute atomic E-state index is 0.0881. The molecule has 0 aliphatic rings. The third-order valence-electron chi connectivity index (χ3n) is 2.41. The molecule has 3 atom stereocenters. The van der Waals surface area contributed by atoms with Gasteiger partial charge in [-0.3, -0.25) is 4.21 Å². The van der Waals surface area contributed by atoms with Crippen LogP contribution in [0.2, 0.25) is 5.02 Å². The van der Waals surface area contributed by atoms with Crippen molar-refractivity contribution < 1.29 is 4.21 Å². The molecule has 90 valence electrons. The van der Waals surface area contributed by atoms with Crippen molar-refractivity contribution in [1.82, 2.24) is 0 Å². The highest BCUT2D eigenvalue weighted by molar-refractivity contribution is 7.84. The number of rotatable bonds is 5. The standard InChI is InChI=1S/C12H18ClNOS/c1-9(14)7-10(2)16(15)8-11-5-3-4-6-12(11)13/h3-6,9-10H,7-8,14H2,1-2H3. The normalized spacial score (nSPS) is 16.8. The van der Waals surface area contributed by atoms with Crippen molar-refractivity contribution in [3.8, 4) is 0 Å². The Hall–Kier alpha value is -0.380. The van der Waals surface area contributed by atoms with E-state index < -0.39 is 10.8 Å². The summed E-state index contributed by atoms with van der Waals surface area (Å²) in [5, 5.41) is 0.792. The molecule has 0 aliphatic carbocycles. The summed E-state index contributed by atoms with van der Waals surface area (Å²) >= 11 is 6.02. The molecule has 0 bridgehead atoms. The molecule has 1 aromatic rings. The van der Waals surface area contributed by atoms with Crippen molar-refractivity contribution in [2.45, 2.75) is 37.3 Å². The average Bonchev–Trinajstić information content (AvgIpc) is 2.20. The molecule has 16 heavy (non-hydrogen) atoms. The van der Waals surface area contributed by atoms with Gasteiger partial charge in [0.15, 0.2) is 0 Å². The van der Waals surface area contributed by atoms with Crippen LogP contribution in [0.1, 0.15) is 25.8 Å². The first kappa shape index (κ1) is 13.7. The van der Waals surface area contributed by atoms with Crippen LogP contribution in [0.25, 0.3) is 0 Å². The van der Waals surface area contributed by atoms with Gasteiger partial charge in [0.25, 0.3) is 0 Å². The van der Waals surface area contributed by atoms with Gasteiger partial charge in [0.1, 0.15) is 0 Å². The van der Waals surface area contributed by atoms with E-state index in [1.807, 2.05) is 38.1 Å². The van der Waals surface area contributed by atoms with E-state index in [-0.39, 0.29) is 11.3 Å². The van der Waals surface area contributed by atoms with Gasteiger partial charge in [-0.2, -0.15) is 0 Å². The van der Waals surface area contributed by atoms with Crippen LogP contribution >= 0.6 is 11.6 Å². The maximum atomic E-state index is 12.0. The fourth-order valence-corrected chi connectivity index (χ4v) is 3.18. The summed E-state index contributed by atoms with van der Waals surface area (Å²) in [6.07, 6.45) is 0.775. The quantitative estimate of drug-likeness (QED) is 0.884. The highest BCUT2D eigenvalue weighted by Crippen LogP contribution is 2.18. The molecule has 2 nitrogen and oxygen atoms in total. The zero-order valence-corrected chi connectivity index (χ0v) is 11.2. The van der Waals surface area contributed by atoms with Crippen LogP contribution in [0.3, 0.4) is 0 Å². The van der Waals surface area contributed by atoms with E-state index in [2.05, 4.69) is 0 Å². The third kappa shape index (κ3) is 4.24. The van der Waals surface area contributed by atoms with Gasteiger partial charge in [0.2, 0.25) is 0 Å². The number of hydrogen-bond acceptors (Lipinski definition) is 2. The molecule has 3 unspecified atom stereocenters. The summed E-state index contributed by atoms with van der Waals surface area (Å²) in [4.78, 5) is 0. The lowest BCUT2D eigenvalue weighted by molar-refractivity contribution is 0.628. The van der Waals surface area contributed by atoms with Gasteiger partial charge in [-0.15, -0.1) is 0 Å². The van der Waals surface area contributed by atoms with E-state index >= 15 is 0 Å². The molecule has 0 saturated carbocycles. The van der Waals surface area contributed by atoms with Gasteiger partial charge in [0.05, 0.1) is 5.75 Å². The van der Waals surface area contributed by atoms with Gasteiger partial charge in [-0.25, -0.2) is 0 Å². The zero-order valence-electron chi connectivity index (χ0n) is 9.65. The minimum Gasteiger partial charge on any atom is -0.328 e. The molecule has 1 rings (SSSR count). The summed E-state index contributed by atoms with van der Waals surface area (Å²) < 4.78 is 12.0. The predicted octanol–water partition coefficient (Wildman–Crippen LogP) is 2.71. The van der Waals surface area contributed by atoms with Crippen molar-refractivity contribution in [2.24, 2.45) is 5.73 Å². The Balaban J connectivity index is 2.61. The molecular formula is C12H18ClNOS. The summed E-state index contributed by atoms with van der Waals surface area (Å²) in [5.41, 5.74) is 6.64. The Morgan fingerprint density at radius 3 is 2.56 bits per heavy atom. The monoisotopic (exact) mass is 259 g/mol. The second kappa shape index (κ2) is 6.38. The predicted molar refractivity (Wildman–Crippen MR) is 71.0 cm³/mol. The van der Waals surface area contributed by atoms with Crippen molar-refractivity contribution >= 4 is 22.4 Å². The van der Waals surface area contributed by atoms with Crippen LogP contribution in [-0.2, 0) is 16.6 Å². The molecule has 0 radical (unpaired) electrons. The molecule has 0 saturated heterocycles. The van der Waals surface area contributed by atoms with Crippen molar-refractivity contribution in [2.75, 3.05) is 0 Å². The van der Waals surface area contributed by atoms with Crippen LogP contribution in [0, 0.1) is 0 Å². The topological polar surface area (TPSA) is 43.1 Å². The molecule has 0 aromatic heterocycles. The molecule has 0 heterocycles. The molecule has 2 N–H and O–H groups in total. The summed E-state index contributed by atoms with van der Waals surface area (Å²) in [7, 11) is -0.911. The van der Waals surface area contributed by atoms with E-state index in [0.717, 1.165) is 12.0 Å². The fourth-order valence-electron chi connectivity index (χ4n) is 1.54. The average molecular weight is 260 g/mol. The molecule has 4 heteroatoms. The zero-order chi connectivity index (χ0) is 12.1. The van der Waals surface area contributed by atoms with Crippen LogP contribution in [0.4, 0.5) is 0 Å². The first-order chi connectivity index (χ1) is 7.50. The smallest absolute Gasteiger partial charge is 0.0503 e. The van der Waals surface area contributed by atoms with E-state index in [1.165, 1.54) is 0 Å². The lowest BCUT2D eigenvalue weighted by Gasteiger charge is -2.14.